The highest BCUT2D eigenvalue weighted by molar-refractivity contribution is 7.85. The zero-order valence-corrected chi connectivity index (χ0v) is 26.5. The Balaban J connectivity index is 0.000000651. The van der Waals surface area contributed by atoms with E-state index in [4.69, 9.17) is 23.5 Å². The van der Waals surface area contributed by atoms with Gasteiger partial charge in [-0.15, -0.1) is 12.6 Å². The maximum Gasteiger partial charge on any atom is 0.514 e. The molecule has 240 valence electrons. The fourth-order valence-corrected chi connectivity index (χ4v) is 4.17. The van der Waals surface area contributed by atoms with Gasteiger partial charge in [0.15, 0.2) is 5.75 Å². The van der Waals surface area contributed by atoms with Gasteiger partial charge in [0.25, 0.3) is 10.1 Å². The summed E-state index contributed by atoms with van der Waals surface area (Å²) >= 11 is 4.67. The van der Waals surface area contributed by atoms with Crippen molar-refractivity contribution in [1.82, 2.24) is 0 Å². The molecule has 0 saturated heterocycles. The van der Waals surface area contributed by atoms with Crippen LogP contribution in [0.4, 0.5) is 22.8 Å². The van der Waals surface area contributed by atoms with Gasteiger partial charge < -0.3 is 18.9 Å². The molecule has 0 heterocycles. The topological polar surface area (TPSA) is 125 Å². The number of ether oxygens (including phenoxy) is 4. The van der Waals surface area contributed by atoms with Crippen LogP contribution in [0.3, 0.4) is 0 Å². The summed E-state index contributed by atoms with van der Waals surface area (Å²) in [5, 5.41) is 0. The zero-order valence-electron chi connectivity index (χ0n) is 24.8. The summed E-state index contributed by atoms with van der Waals surface area (Å²) < 4.78 is 80.5. The minimum atomic E-state index is -4.91. The van der Waals surface area contributed by atoms with Gasteiger partial charge >= 0.3 is 18.5 Å². The minimum absolute atomic E-state index is 0.379. The Morgan fingerprint density at radius 3 is 1.48 bits per heavy atom. The van der Waals surface area contributed by atoms with Gasteiger partial charge in [-0.3, -0.25) is 4.55 Å². The van der Waals surface area contributed by atoms with Crippen molar-refractivity contribution in [3.05, 3.63) is 66.7 Å². The van der Waals surface area contributed by atoms with E-state index in [0.717, 1.165) is 27.1 Å². The highest BCUT2D eigenvalue weighted by Crippen LogP contribution is 2.38. The van der Waals surface area contributed by atoms with Crippen molar-refractivity contribution in [3.63, 3.8) is 0 Å². The molecule has 0 fully saturated rings. The van der Waals surface area contributed by atoms with Gasteiger partial charge in [-0.25, -0.2) is 9.59 Å². The Bertz CT molecular complexity index is 1540. The van der Waals surface area contributed by atoms with E-state index in [1.807, 2.05) is 42.5 Å². The van der Waals surface area contributed by atoms with E-state index < -0.39 is 45.6 Å². The Hall–Kier alpha value is -3.75. The van der Waals surface area contributed by atoms with E-state index in [0.29, 0.717) is 11.5 Å². The van der Waals surface area contributed by atoms with E-state index in [9.17, 15) is 31.2 Å². The molecule has 0 aliphatic heterocycles. The molecule has 0 aliphatic carbocycles. The van der Waals surface area contributed by atoms with Gasteiger partial charge in [0.1, 0.15) is 22.7 Å². The van der Waals surface area contributed by atoms with Crippen LogP contribution in [0, 0.1) is 0 Å². The van der Waals surface area contributed by atoms with Gasteiger partial charge in [0, 0.05) is 10.5 Å². The molecule has 44 heavy (non-hydrogen) atoms. The summed E-state index contributed by atoms with van der Waals surface area (Å²) in [5.41, 5.74) is 2.41. The Kier molecular flexibility index (Phi) is 11.9. The third kappa shape index (κ3) is 13.7. The van der Waals surface area contributed by atoms with Crippen molar-refractivity contribution in [2.75, 3.05) is 5.75 Å². The lowest BCUT2D eigenvalue weighted by Crippen LogP contribution is -2.25. The quantitative estimate of drug-likeness (QED) is 0.120. The molecule has 0 atom stereocenters. The molecule has 1 N–H and O–H groups in total. The molecule has 0 amide bonds. The van der Waals surface area contributed by atoms with Crippen molar-refractivity contribution in [1.29, 1.82) is 0 Å². The number of hydrogen-bond donors (Lipinski definition) is 2. The smallest absolute Gasteiger partial charge is 0.428 e. The third-order valence-corrected chi connectivity index (χ3v) is 5.94. The maximum absolute atomic E-state index is 11.9. The van der Waals surface area contributed by atoms with Crippen molar-refractivity contribution in [3.8, 4) is 33.8 Å². The van der Waals surface area contributed by atoms with Gasteiger partial charge in [0.2, 0.25) is 0 Å². The van der Waals surface area contributed by atoms with Crippen molar-refractivity contribution in [2.24, 2.45) is 0 Å². The van der Waals surface area contributed by atoms with E-state index in [-0.39, 0.29) is 0 Å². The first-order valence-corrected chi connectivity index (χ1v) is 14.9. The third-order valence-electron chi connectivity index (χ3n) is 4.88. The number of carbonyl (C=O) groups excluding carboxylic acids is 2. The van der Waals surface area contributed by atoms with E-state index in [1.54, 1.807) is 65.8 Å². The summed E-state index contributed by atoms with van der Waals surface area (Å²) in [4.78, 5) is 24.7. The molecular formula is C30H33F3O9S2. The van der Waals surface area contributed by atoms with Crippen LogP contribution < -0.4 is 9.47 Å². The molecule has 0 bridgehead atoms. The summed E-state index contributed by atoms with van der Waals surface area (Å²) in [7, 11) is -4.91. The van der Waals surface area contributed by atoms with Crippen molar-refractivity contribution < 1.29 is 54.7 Å². The molecule has 3 rings (SSSR count). The van der Waals surface area contributed by atoms with E-state index in [2.05, 4.69) is 12.6 Å². The number of hydrogen-bond acceptors (Lipinski definition) is 9. The van der Waals surface area contributed by atoms with Gasteiger partial charge in [-0.1, -0.05) is 36.4 Å². The standard InChI is InChI=1S/C28H30O6S.C2H3F3O3S/c1-27(2,3)33-25(29)31-20-14-10-18(11-15-20)22-8-7-9-23(35)24(22)19-12-16-21(17-13-19)32-26(30)34-28(4,5)6;3-2(4,5)1-9(6,7)8/h7-17,35H,1-6H3;1H2,(H,6,7,8). The molecular weight excluding hydrogens is 625 g/mol. The summed E-state index contributed by atoms with van der Waals surface area (Å²) in [6.45, 7) is 10.7. The first kappa shape index (κ1) is 36.4. The number of carbonyl (C=O) groups is 2. The van der Waals surface area contributed by atoms with Crippen LogP contribution in [-0.2, 0) is 19.6 Å². The lowest BCUT2D eigenvalue weighted by atomic mass is 9.94. The van der Waals surface area contributed by atoms with Gasteiger partial charge in [-0.05, 0) is 88.6 Å². The summed E-state index contributed by atoms with van der Waals surface area (Å²) in [6.07, 6.45) is -6.36. The molecule has 0 aromatic heterocycles. The number of alkyl halides is 3. The molecule has 9 nitrogen and oxygen atoms in total. The average Bonchev–Trinajstić information content (AvgIpc) is 2.81. The SMILES string of the molecule is CC(C)(C)OC(=O)Oc1ccc(-c2cccc(S)c2-c2ccc(OC(=O)OC(C)(C)C)cc2)cc1.O=S(=O)(O)CC(F)(F)F. The van der Waals surface area contributed by atoms with E-state index >= 15 is 0 Å². The number of halogens is 3. The minimum Gasteiger partial charge on any atom is -0.428 e. The van der Waals surface area contributed by atoms with Crippen LogP contribution in [0.25, 0.3) is 22.3 Å². The molecule has 0 aliphatic rings. The molecule has 0 radical (unpaired) electrons. The monoisotopic (exact) mass is 658 g/mol. The normalized spacial score (nSPS) is 12.0. The van der Waals surface area contributed by atoms with Crippen LogP contribution in [-0.4, -0.2) is 48.4 Å². The van der Waals surface area contributed by atoms with Crippen LogP contribution >= 0.6 is 12.6 Å². The second-order valence-electron chi connectivity index (χ2n) is 11.2. The molecule has 0 saturated carbocycles. The predicted molar refractivity (Wildman–Crippen MR) is 161 cm³/mol. The fourth-order valence-electron chi connectivity index (χ4n) is 3.42. The highest BCUT2D eigenvalue weighted by Gasteiger charge is 2.34. The van der Waals surface area contributed by atoms with Gasteiger partial charge in [0.05, 0.1) is 0 Å². The van der Waals surface area contributed by atoms with E-state index in [1.165, 1.54) is 0 Å². The summed E-state index contributed by atoms with van der Waals surface area (Å²) in [6, 6.07) is 20.1. The second kappa shape index (κ2) is 14.4. The highest BCUT2D eigenvalue weighted by atomic mass is 32.2. The Morgan fingerprint density at radius 1 is 0.727 bits per heavy atom. The zero-order chi connectivity index (χ0) is 33.5. The van der Waals surface area contributed by atoms with Crippen LogP contribution in [0.2, 0.25) is 0 Å². The van der Waals surface area contributed by atoms with Crippen LogP contribution in [0.1, 0.15) is 41.5 Å². The Labute approximate surface area is 259 Å². The van der Waals surface area contributed by atoms with Crippen LogP contribution in [0.15, 0.2) is 71.6 Å². The second-order valence-corrected chi connectivity index (χ2v) is 13.2. The molecule has 0 spiro atoms. The van der Waals surface area contributed by atoms with Crippen molar-refractivity contribution >= 4 is 35.1 Å². The number of rotatable bonds is 5. The van der Waals surface area contributed by atoms with Crippen molar-refractivity contribution in [2.45, 2.75) is 63.8 Å². The molecule has 3 aromatic rings. The van der Waals surface area contributed by atoms with Crippen LogP contribution in [0.5, 0.6) is 11.5 Å². The Morgan fingerprint density at radius 2 is 1.14 bits per heavy atom. The summed E-state index contributed by atoms with van der Waals surface area (Å²) in [5.74, 6) is -1.42. The first-order valence-electron chi connectivity index (χ1n) is 12.9. The average molecular weight is 659 g/mol. The lowest BCUT2D eigenvalue weighted by molar-refractivity contribution is -0.107. The molecule has 0 unspecified atom stereocenters. The first-order chi connectivity index (χ1) is 20.0. The fraction of sp³-hybridized carbons (Fsp3) is 0.333. The lowest BCUT2D eigenvalue weighted by Gasteiger charge is -2.19. The predicted octanol–water partition coefficient (Wildman–Crippen LogP) is 8.37. The molecule has 14 heteroatoms. The largest absolute Gasteiger partial charge is 0.514 e. The molecule has 3 aromatic carbocycles. The number of thiol groups is 1. The maximum atomic E-state index is 11.9. The van der Waals surface area contributed by atoms with Gasteiger partial charge in [-0.2, -0.15) is 21.6 Å². The number of benzene rings is 3.